The van der Waals surface area contributed by atoms with E-state index in [1.807, 2.05) is 30.3 Å². The Labute approximate surface area is 235 Å². The second-order valence-electron chi connectivity index (χ2n) is 11.6. The number of carbonyl (C=O) groups excluding carboxylic acids is 2. The van der Waals surface area contributed by atoms with Crippen LogP contribution in [0.15, 0.2) is 59.8 Å². The number of pyridine rings is 1. The summed E-state index contributed by atoms with van der Waals surface area (Å²) in [6.45, 7) is 0.910. The standard InChI is InChI=1S/C33H38N2O5/c1-39-19-23-18-26-31(33(38)35(32(26)37)24-9-3-2-4-10-24)27-20-40-29(30(23)27)14-13-22(28-12-5-6-15-34-28)16-21-8-7-11-25(36)17-21/h5-8,11-12,15-17,24,26-27,29,31,36H,2-4,9-10,13-14,18-20H2,1H3/b22-16-/t26-,27+,29-,31-/m1/s1. The molecule has 0 radical (unpaired) electrons. The molecule has 2 aromatic rings. The number of rotatable bonds is 8. The van der Waals surface area contributed by atoms with Crippen LogP contribution in [0.1, 0.15) is 62.6 Å². The number of amides is 2. The number of aromatic hydroxyl groups is 1. The van der Waals surface area contributed by atoms with E-state index in [-0.39, 0.29) is 47.5 Å². The highest BCUT2D eigenvalue weighted by atomic mass is 16.5. The molecule has 4 atom stereocenters. The monoisotopic (exact) mass is 542 g/mol. The second kappa shape index (κ2) is 11.7. The van der Waals surface area contributed by atoms with Crippen molar-refractivity contribution in [2.75, 3.05) is 20.3 Å². The van der Waals surface area contributed by atoms with Crippen molar-refractivity contribution < 1.29 is 24.2 Å². The van der Waals surface area contributed by atoms with E-state index in [4.69, 9.17) is 9.47 Å². The van der Waals surface area contributed by atoms with E-state index in [0.29, 0.717) is 26.1 Å². The fourth-order valence-corrected chi connectivity index (χ4v) is 7.43. The normalized spacial score (nSPS) is 27.3. The van der Waals surface area contributed by atoms with Crippen LogP contribution < -0.4 is 0 Å². The second-order valence-corrected chi connectivity index (χ2v) is 11.6. The minimum atomic E-state index is -0.326. The first-order valence-electron chi connectivity index (χ1n) is 14.7. The quantitative estimate of drug-likeness (QED) is 0.355. The largest absolute Gasteiger partial charge is 0.508 e. The molecular weight excluding hydrogens is 504 g/mol. The number of hydrogen-bond donors (Lipinski definition) is 1. The number of methoxy groups -OCH3 is 1. The molecule has 2 amide bonds. The lowest BCUT2D eigenvalue weighted by atomic mass is 9.69. The number of phenols is 1. The molecule has 7 nitrogen and oxygen atoms in total. The smallest absolute Gasteiger partial charge is 0.234 e. The van der Waals surface area contributed by atoms with Crippen LogP contribution in [-0.4, -0.2) is 59.3 Å². The Kier molecular flexibility index (Phi) is 7.85. The molecule has 7 heteroatoms. The molecule has 210 valence electrons. The van der Waals surface area contributed by atoms with Gasteiger partial charge < -0.3 is 14.6 Å². The Bertz CT molecular complexity index is 1310. The van der Waals surface area contributed by atoms with Crippen molar-refractivity contribution in [3.05, 3.63) is 71.1 Å². The van der Waals surface area contributed by atoms with Crippen LogP contribution >= 0.6 is 0 Å². The molecule has 4 aliphatic rings. The van der Waals surface area contributed by atoms with Gasteiger partial charge in [0.2, 0.25) is 11.8 Å². The van der Waals surface area contributed by atoms with Crippen LogP contribution in [0.5, 0.6) is 5.75 Å². The summed E-state index contributed by atoms with van der Waals surface area (Å²) in [5.74, 6) is -0.446. The van der Waals surface area contributed by atoms with Crippen molar-refractivity contribution >= 4 is 23.5 Å². The number of ether oxygens (including phenoxy) is 2. The van der Waals surface area contributed by atoms with E-state index in [1.165, 1.54) is 12.0 Å². The van der Waals surface area contributed by atoms with Crippen molar-refractivity contribution in [3.8, 4) is 5.75 Å². The molecule has 3 fully saturated rings. The summed E-state index contributed by atoms with van der Waals surface area (Å²) < 4.78 is 12.0. The number of benzene rings is 1. The van der Waals surface area contributed by atoms with Gasteiger partial charge in [0.05, 0.1) is 36.8 Å². The fourth-order valence-electron chi connectivity index (χ4n) is 7.43. The first kappa shape index (κ1) is 26.9. The number of imide groups is 1. The average Bonchev–Trinajstić information content (AvgIpc) is 3.50. The highest BCUT2D eigenvalue weighted by Gasteiger charge is 2.58. The molecular formula is C33H38N2O5. The van der Waals surface area contributed by atoms with Gasteiger partial charge in [-0.05, 0) is 84.7 Å². The number of hydrogen-bond acceptors (Lipinski definition) is 6. The third kappa shape index (κ3) is 5.13. The number of phenolic OH excluding ortho intramolecular Hbond substituents is 1. The van der Waals surface area contributed by atoms with E-state index >= 15 is 0 Å². The van der Waals surface area contributed by atoms with Crippen LogP contribution in [-0.2, 0) is 19.1 Å². The fraction of sp³-hybridized carbons (Fsp3) is 0.485. The third-order valence-corrected chi connectivity index (χ3v) is 9.18. The van der Waals surface area contributed by atoms with Crippen molar-refractivity contribution in [1.29, 1.82) is 0 Å². The topological polar surface area (TPSA) is 89.0 Å². The summed E-state index contributed by atoms with van der Waals surface area (Å²) in [6.07, 6.45) is 10.9. The Hall–Kier alpha value is -3.29. The minimum absolute atomic E-state index is 0.0167. The summed E-state index contributed by atoms with van der Waals surface area (Å²) in [6, 6.07) is 13.1. The van der Waals surface area contributed by atoms with Gasteiger partial charge in [-0.2, -0.15) is 0 Å². The summed E-state index contributed by atoms with van der Waals surface area (Å²) >= 11 is 0. The lowest BCUT2D eigenvalue weighted by Crippen LogP contribution is -2.42. The van der Waals surface area contributed by atoms with E-state index < -0.39 is 0 Å². The highest BCUT2D eigenvalue weighted by molar-refractivity contribution is 6.06. The third-order valence-electron chi connectivity index (χ3n) is 9.18. The van der Waals surface area contributed by atoms with Crippen LogP contribution in [0.4, 0.5) is 0 Å². The van der Waals surface area contributed by atoms with Gasteiger partial charge in [-0.3, -0.25) is 19.5 Å². The molecule has 1 N–H and O–H groups in total. The molecule has 1 saturated carbocycles. The van der Waals surface area contributed by atoms with Crippen LogP contribution in [0.3, 0.4) is 0 Å². The lowest BCUT2D eigenvalue weighted by molar-refractivity contribution is -0.143. The molecule has 0 spiro atoms. The Balaban J connectivity index is 1.26. The molecule has 1 aromatic heterocycles. The van der Waals surface area contributed by atoms with Gasteiger partial charge in [-0.1, -0.05) is 37.5 Å². The van der Waals surface area contributed by atoms with E-state index in [2.05, 4.69) is 11.1 Å². The molecule has 2 aliphatic carbocycles. The van der Waals surface area contributed by atoms with E-state index in [0.717, 1.165) is 54.5 Å². The summed E-state index contributed by atoms with van der Waals surface area (Å²) in [7, 11) is 1.69. The zero-order chi connectivity index (χ0) is 27.6. The Morgan fingerprint density at radius 3 is 2.70 bits per heavy atom. The summed E-state index contributed by atoms with van der Waals surface area (Å²) in [5, 5.41) is 9.99. The van der Waals surface area contributed by atoms with Gasteiger partial charge in [0.15, 0.2) is 0 Å². The molecule has 2 aliphatic heterocycles. The van der Waals surface area contributed by atoms with E-state index in [1.54, 1.807) is 30.3 Å². The zero-order valence-electron chi connectivity index (χ0n) is 23.1. The van der Waals surface area contributed by atoms with Gasteiger partial charge in [0.1, 0.15) is 5.75 Å². The van der Waals surface area contributed by atoms with Gasteiger partial charge in [0, 0.05) is 25.3 Å². The predicted molar refractivity (Wildman–Crippen MR) is 152 cm³/mol. The van der Waals surface area contributed by atoms with Crippen molar-refractivity contribution in [1.82, 2.24) is 9.88 Å². The summed E-state index contributed by atoms with van der Waals surface area (Å²) in [5.41, 5.74) is 5.14. The van der Waals surface area contributed by atoms with Crippen LogP contribution in [0, 0.1) is 17.8 Å². The minimum Gasteiger partial charge on any atom is -0.508 e. The molecule has 0 unspecified atom stereocenters. The average molecular weight is 543 g/mol. The molecule has 0 bridgehead atoms. The maximum Gasteiger partial charge on any atom is 0.234 e. The number of allylic oxidation sites excluding steroid dienone is 1. The Morgan fingerprint density at radius 1 is 1.10 bits per heavy atom. The first-order valence-corrected chi connectivity index (χ1v) is 14.7. The van der Waals surface area contributed by atoms with Gasteiger partial charge in [-0.25, -0.2) is 0 Å². The molecule has 1 aromatic carbocycles. The van der Waals surface area contributed by atoms with Crippen molar-refractivity contribution in [2.45, 2.75) is 63.5 Å². The molecule has 40 heavy (non-hydrogen) atoms. The lowest BCUT2D eigenvalue weighted by Gasteiger charge is -2.31. The number of likely N-dealkylation sites (tertiary alicyclic amines) is 1. The van der Waals surface area contributed by atoms with Crippen molar-refractivity contribution in [3.63, 3.8) is 0 Å². The maximum atomic E-state index is 13.8. The zero-order valence-corrected chi connectivity index (χ0v) is 23.1. The number of fused-ring (bicyclic) bond motifs is 3. The van der Waals surface area contributed by atoms with Gasteiger partial charge in [0.25, 0.3) is 0 Å². The molecule has 2 saturated heterocycles. The van der Waals surface area contributed by atoms with Crippen LogP contribution in [0.25, 0.3) is 11.6 Å². The Morgan fingerprint density at radius 2 is 1.95 bits per heavy atom. The highest BCUT2D eigenvalue weighted by Crippen LogP contribution is 2.51. The summed E-state index contributed by atoms with van der Waals surface area (Å²) in [4.78, 5) is 33.6. The van der Waals surface area contributed by atoms with Gasteiger partial charge >= 0.3 is 0 Å². The predicted octanol–water partition coefficient (Wildman–Crippen LogP) is 5.40. The van der Waals surface area contributed by atoms with Crippen LogP contribution in [0.2, 0.25) is 0 Å². The number of carbonyl (C=O) groups is 2. The maximum absolute atomic E-state index is 13.8. The van der Waals surface area contributed by atoms with Crippen molar-refractivity contribution in [2.24, 2.45) is 17.8 Å². The van der Waals surface area contributed by atoms with E-state index in [9.17, 15) is 14.7 Å². The number of aromatic nitrogens is 1. The number of nitrogens with zero attached hydrogens (tertiary/aromatic N) is 2. The first-order chi connectivity index (χ1) is 19.5. The van der Waals surface area contributed by atoms with Gasteiger partial charge in [-0.15, -0.1) is 0 Å². The molecule has 3 heterocycles. The molecule has 6 rings (SSSR count). The SMILES string of the molecule is COCC1=C2[C@@H](CC/C(=C/c3cccc(O)c3)c3ccccn3)OC[C@@H]2[C@@H]2C(=O)N(C3CCCCC3)C(=O)[C@@H]2C1.